The summed E-state index contributed by atoms with van der Waals surface area (Å²) in [4.78, 5) is 30.7. The molecule has 5 rings (SSSR count). The van der Waals surface area contributed by atoms with Crippen LogP contribution in [0.3, 0.4) is 0 Å². The van der Waals surface area contributed by atoms with E-state index in [1.54, 1.807) is 47.0 Å². The summed E-state index contributed by atoms with van der Waals surface area (Å²) in [7, 11) is 0. The monoisotopic (exact) mass is 433 g/mol. The molecule has 0 radical (unpaired) electrons. The van der Waals surface area contributed by atoms with Gasteiger partial charge in [-0.2, -0.15) is 5.10 Å². The zero-order valence-corrected chi connectivity index (χ0v) is 17.0. The number of nitrogens with one attached hydrogen (secondary N) is 1. The number of halogens is 1. The number of hydrogen-bond donors (Lipinski definition) is 1. The van der Waals surface area contributed by atoms with Crippen molar-refractivity contribution in [3.05, 3.63) is 72.0 Å². The number of carbonyl (C=O) groups excluding carboxylic acids is 2. The highest BCUT2D eigenvalue weighted by molar-refractivity contribution is 7.15. The Morgan fingerprint density at radius 1 is 1.06 bits per heavy atom. The lowest BCUT2D eigenvalue weighted by atomic mass is 10.1. The molecule has 2 aromatic heterocycles. The van der Waals surface area contributed by atoms with Gasteiger partial charge < -0.3 is 5.32 Å². The first-order valence-corrected chi connectivity index (χ1v) is 10.5. The number of thiazole rings is 1. The molecule has 2 aromatic carbocycles. The number of rotatable bonds is 4. The van der Waals surface area contributed by atoms with Crippen LogP contribution in [0, 0.1) is 5.82 Å². The van der Waals surface area contributed by atoms with Gasteiger partial charge in [-0.3, -0.25) is 14.0 Å². The normalized spacial score (nSPS) is 14.0. The number of carbonyl (C=O) groups is 2. The molecule has 1 aliphatic heterocycles. The zero-order chi connectivity index (χ0) is 21.4. The van der Waals surface area contributed by atoms with Crippen LogP contribution in [0.1, 0.15) is 12.8 Å². The van der Waals surface area contributed by atoms with E-state index in [0.717, 1.165) is 0 Å². The van der Waals surface area contributed by atoms with Crippen LogP contribution in [-0.4, -0.2) is 26.9 Å². The quantitative estimate of drug-likeness (QED) is 0.521. The van der Waals surface area contributed by atoms with Crippen molar-refractivity contribution in [2.75, 3.05) is 10.3 Å². The molecule has 1 aliphatic rings. The van der Waals surface area contributed by atoms with E-state index in [0.29, 0.717) is 27.7 Å². The number of anilines is 2. The van der Waals surface area contributed by atoms with Crippen LogP contribution in [0.15, 0.2) is 71.3 Å². The van der Waals surface area contributed by atoms with Gasteiger partial charge in [-0.25, -0.2) is 14.4 Å². The Morgan fingerprint density at radius 2 is 1.84 bits per heavy atom. The third-order valence-electron chi connectivity index (χ3n) is 4.91. The number of nitrogens with zero attached hydrogens (tertiary/aromatic N) is 4. The number of hydrazone groups is 1. The van der Waals surface area contributed by atoms with Gasteiger partial charge in [0.1, 0.15) is 23.0 Å². The van der Waals surface area contributed by atoms with Gasteiger partial charge in [0, 0.05) is 30.0 Å². The molecule has 0 atom stereocenters. The third-order valence-corrected chi connectivity index (χ3v) is 5.66. The van der Waals surface area contributed by atoms with E-state index < -0.39 is 5.91 Å². The van der Waals surface area contributed by atoms with Crippen molar-refractivity contribution >= 4 is 45.3 Å². The Kier molecular flexibility index (Phi) is 4.79. The van der Waals surface area contributed by atoms with Gasteiger partial charge in [0.05, 0.1) is 5.69 Å². The molecule has 4 aromatic rings. The van der Waals surface area contributed by atoms with Gasteiger partial charge in [-0.1, -0.05) is 18.2 Å². The summed E-state index contributed by atoms with van der Waals surface area (Å²) in [5.74, 6) is -0.458. The summed E-state index contributed by atoms with van der Waals surface area (Å²) in [6.45, 7) is 0. The van der Waals surface area contributed by atoms with E-state index in [1.807, 2.05) is 11.4 Å². The van der Waals surface area contributed by atoms with Crippen molar-refractivity contribution in [2.24, 2.45) is 5.10 Å². The van der Waals surface area contributed by atoms with Crippen LogP contribution in [0.25, 0.3) is 16.2 Å². The fourth-order valence-corrected chi connectivity index (χ4v) is 4.10. The van der Waals surface area contributed by atoms with Crippen LogP contribution in [0.5, 0.6) is 0 Å². The van der Waals surface area contributed by atoms with Crippen LogP contribution in [0.4, 0.5) is 15.9 Å². The maximum Gasteiger partial charge on any atom is 0.273 e. The zero-order valence-electron chi connectivity index (χ0n) is 16.2. The molecule has 0 spiro atoms. The summed E-state index contributed by atoms with van der Waals surface area (Å²) in [5, 5.41) is 10.3. The molecule has 0 unspecified atom stereocenters. The number of benzene rings is 2. The predicted molar refractivity (Wildman–Crippen MR) is 118 cm³/mol. The van der Waals surface area contributed by atoms with Gasteiger partial charge in [-0.05, 0) is 36.4 Å². The molecule has 1 N–H and O–H groups in total. The minimum Gasteiger partial charge on any atom is -0.305 e. The molecule has 7 nitrogen and oxygen atoms in total. The molecular formula is C22H16FN5O2S. The summed E-state index contributed by atoms with van der Waals surface area (Å²) < 4.78 is 15.1. The van der Waals surface area contributed by atoms with Crippen molar-refractivity contribution in [3.8, 4) is 11.3 Å². The van der Waals surface area contributed by atoms with Gasteiger partial charge in [-0.15, -0.1) is 11.3 Å². The summed E-state index contributed by atoms with van der Waals surface area (Å²) in [5.41, 5.74) is 2.07. The van der Waals surface area contributed by atoms with Crippen LogP contribution in [0.2, 0.25) is 0 Å². The second kappa shape index (κ2) is 7.77. The molecular weight excluding hydrogens is 417 g/mol. The highest BCUT2D eigenvalue weighted by Gasteiger charge is 2.27. The lowest BCUT2D eigenvalue weighted by Crippen LogP contribution is -2.36. The molecule has 0 bridgehead atoms. The van der Waals surface area contributed by atoms with E-state index in [-0.39, 0.29) is 30.3 Å². The second-order valence-electron chi connectivity index (χ2n) is 6.91. The number of imidazole rings is 1. The Hall–Kier alpha value is -3.85. The van der Waals surface area contributed by atoms with Gasteiger partial charge in [0.2, 0.25) is 5.91 Å². The summed E-state index contributed by atoms with van der Waals surface area (Å²) >= 11 is 1.42. The van der Waals surface area contributed by atoms with Crippen molar-refractivity contribution in [1.82, 2.24) is 9.38 Å². The maximum atomic E-state index is 13.4. The molecule has 2 amide bonds. The lowest BCUT2D eigenvalue weighted by molar-refractivity contribution is -0.118. The fraction of sp³-hybridized carbons (Fsp3) is 0.0909. The average Bonchev–Trinajstić information content (AvgIpc) is 3.38. The standard InChI is InChI=1S/C22H16FN5O2S/c23-15-8-6-14(7-9-15)19-20(27-12-13-31-22(27)24-19)25-21(30)17-10-11-18(29)28(26-17)16-4-2-1-3-5-16/h1-9,12-13H,10-11H2,(H,25,30). The van der Waals surface area contributed by atoms with E-state index >= 15 is 0 Å². The number of hydrogen-bond acceptors (Lipinski definition) is 5. The molecule has 0 saturated heterocycles. The van der Waals surface area contributed by atoms with Crippen LogP contribution < -0.4 is 10.3 Å². The van der Waals surface area contributed by atoms with Gasteiger partial charge in [0.25, 0.3) is 5.91 Å². The minimum absolute atomic E-state index is 0.167. The van der Waals surface area contributed by atoms with Crippen molar-refractivity contribution in [2.45, 2.75) is 12.8 Å². The van der Waals surface area contributed by atoms with Crippen molar-refractivity contribution < 1.29 is 14.0 Å². The van der Waals surface area contributed by atoms with Gasteiger partial charge >= 0.3 is 0 Å². The lowest BCUT2D eigenvalue weighted by Gasteiger charge is -2.23. The molecule has 9 heteroatoms. The average molecular weight is 433 g/mol. The molecule has 31 heavy (non-hydrogen) atoms. The topological polar surface area (TPSA) is 79.1 Å². The SMILES string of the molecule is O=C(Nc1c(-c2ccc(F)cc2)nc2sccn12)C1=NN(c2ccccc2)C(=O)CC1. The Bertz CT molecular complexity index is 1310. The number of para-hydroxylation sites is 1. The van der Waals surface area contributed by atoms with E-state index in [4.69, 9.17) is 0 Å². The maximum absolute atomic E-state index is 13.4. The fourth-order valence-electron chi connectivity index (χ4n) is 3.38. The number of amides is 2. The number of aromatic nitrogens is 2. The highest BCUT2D eigenvalue weighted by atomic mass is 32.1. The summed E-state index contributed by atoms with van der Waals surface area (Å²) in [6, 6.07) is 14.9. The molecule has 3 heterocycles. The van der Waals surface area contributed by atoms with E-state index in [1.165, 1.54) is 28.5 Å². The first-order valence-electron chi connectivity index (χ1n) is 9.58. The van der Waals surface area contributed by atoms with Crippen molar-refractivity contribution in [1.29, 1.82) is 0 Å². The predicted octanol–water partition coefficient (Wildman–Crippen LogP) is 4.32. The molecule has 0 aliphatic carbocycles. The smallest absolute Gasteiger partial charge is 0.273 e. The molecule has 154 valence electrons. The third kappa shape index (κ3) is 3.59. The second-order valence-corrected chi connectivity index (χ2v) is 7.79. The first-order chi connectivity index (χ1) is 15.1. The van der Waals surface area contributed by atoms with Gasteiger partial charge in [0.15, 0.2) is 4.96 Å². The highest BCUT2D eigenvalue weighted by Crippen LogP contribution is 2.31. The first kappa shape index (κ1) is 19.1. The molecule has 0 fully saturated rings. The van der Waals surface area contributed by atoms with E-state index in [2.05, 4.69) is 15.4 Å². The molecule has 0 saturated carbocycles. The van der Waals surface area contributed by atoms with E-state index in [9.17, 15) is 14.0 Å². The Morgan fingerprint density at radius 3 is 2.61 bits per heavy atom. The van der Waals surface area contributed by atoms with Crippen LogP contribution in [-0.2, 0) is 9.59 Å². The van der Waals surface area contributed by atoms with Crippen molar-refractivity contribution in [3.63, 3.8) is 0 Å². The largest absolute Gasteiger partial charge is 0.305 e. The Labute approximate surface area is 180 Å². The number of fused-ring (bicyclic) bond motifs is 1. The van der Waals surface area contributed by atoms with Crippen LogP contribution >= 0.6 is 11.3 Å². The minimum atomic E-state index is -0.412. The summed E-state index contributed by atoms with van der Waals surface area (Å²) in [6.07, 6.45) is 2.23. The Balaban J connectivity index is 1.49.